The molecule has 3 saturated heterocycles. The molecule has 12 N–H and O–H groups in total. The van der Waals surface area contributed by atoms with Crippen LogP contribution in [-0.4, -0.2) is 193 Å². The highest BCUT2D eigenvalue weighted by Gasteiger charge is 2.53. The van der Waals surface area contributed by atoms with Crippen LogP contribution in [0.4, 0.5) is 0 Å². The van der Waals surface area contributed by atoms with Crippen molar-refractivity contribution < 1.29 is 89.4 Å². The molecule has 3 aliphatic heterocycles. The number of ether oxygens (including phenoxy) is 6. The Morgan fingerprint density at radius 3 is 1.17 bits per heavy atom. The molecule has 19 heteroatoms. The maximum absolute atomic E-state index is 13.4. The first-order valence-electron chi connectivity index (χ1n) is 33.4. The molecule has 3 fully saturated rings. The molecule has 490 valence electrons. The van der Waals surface area contributed by atoms with Gasteiger partial charge in [-0.05, 0) is 38.5 Å². The van der Waals surface area contributed by atoms with Gasteiger partial charge in [-0.15, -0.1) is 0 Å². The van der Waals surface area contributed by atoms with E-state index in [0.717, 1.165) is 64.2 Å². The van der Waals surface area contributed by atoms with Crippen LogP contribution in [0.5, 0.6) is 0 Å². The molecular formula is C64H121NO18. The van der Waals surface area contributed by atoms with E-state index in [4.69, 9.17) is 28.4 Å². The molecule has 83 heavy (non-hydrogen) atoms. The molecule has 0 aromatic rings. The van der Waals surface area contributed by atoms with E-state index in [9.17, 15) is 61.0 Å². The second-order valence-corrected chi connectivity index (χ2v) is 24.3. The SMILES string of the molecule is CCCCCCCCC/C=C\CCCCCCCC(=O)NC(COC1OC(CO)C(OC2OC(CO)C(OC3OC(CO)C(O)C(O)C3O)C(O)C2O)C(O)C1O)C(O)CCCCCCCCCCCCCCCCCCCCCCCC. The molecule has 1 amide bonds. The maximum Gasteiger partial charge on any atom is 0.220 e. The van der Waals surface area contributed by atoms with E-state index in [-0.39, 0.29) is 18.9 Å². The Morgan fingerprint density at radius 1 is 0.422 bits per heavy atom. The third kappa shape index (κ3) is 30.5. The predicted molar refractivity (Wildman–Crippen MR) is 319 cm³/mol. The minimum Gasteiger partial charge on any atom is -0.394 e. The fraction of sp³-hybridized carbons (Fsp3) is 0.953. The summed E-state index contributed by atoms with van der Waals surface area (Å²) in [5.41, 5.74) is 0. The van der Waals surface area contributed by atoms with Gasteiger partial charge in [0.05, 0.1) is 38.6 Å². The van der Waals surface area contributed by atoms with Gasteiger partial charge in [-0.2, -0.15) is 0 Å². The number of aliphatic hydroxyl groups excluding tert-OH is 11. The summed E-state index contributed by atoms with van der Waals surface area (Å²) in [6.45, 7) is 1.81. The lowest BCUT2D eigenvalue weighted by molar-refractivity contribution is -0.379. The molecule has 0 radical (unpaired) electrons. The molecular weight excluding hydrogens is 1070 g/mol. The minimum absolute atomic E-state index is 0.248. The maximum atomic E-state index is 13.4. The normalized spacial score (nSPS) is 29.4. The quantitative estimate of drug-likeness (QED) is 0.0205. The van der Waals surface area contributed by atoms with Crippen molar-refractivity contribution in [3.8, 4) is 0 Å². The highest BCUT2D eigenvalue weighted by molar-refractivity contribution is 5.76. The molecule has 0 aromatic carbocycles. The van der Waals surface area contributed by atoms with Gasteiger partial charge in [-0.1, -0.05) is 225 Å². The zero-order chi connectivity index (χ0) is 60.5. The van der Waals surface area contributed by atoms with Crippen LogP contribution < -0.4 is 5.32 Å². The summed E-state index contributed by atoms with van der Waals surface area (Å²) < 4.78 is 34.4. The van der Waals surface area contributed by atoms with Crippen LogP contribution in [0, 0.1) is 0 Å². The Morgan fingerprint density at radius 2 is 0.759 bits per heavy atom. The highest BCUT2D eigenvalue weighted by Crippen LogP contribution is 2.33. The van der Waals surface area contributed by atoms with E-state index in [1.807, 2.05) is 0 Å². The summed E-state index contributed by atoms with van der Waals surface area (Å²) >= 11 is 0. The number of carbonyl (C=O) groups is 1. The number of carbonyl (C=O) groups excluding carboxylic acids is 1. The van der Waals surface area contributed by atoms with Crippen LogP contribution in [0.1, 0.15) is 258 Å². The summed E-state index contributed by atoms with van der Waals surface area (Å²) in [5.74, 6) is -0.248. The molecule has 0 saturated carbocycles. The third-order valence-electron chi connectivity index (χ3n) is 17.1. The summed E-state index contributed by atoms with van der Waals surface area (Å²) in [6, 6.07) is -0.888. The first-order valence-corrected chi connectivity index (χ1v) is 33.4. The number of allylic oxidation sites excluding steroid dienone is 2. The average Bonchev–Trinajstić information content (AvgIpc) is 3.25. The number of unbranched alkanes of at least 4 members (excludes halogenated alkanes) is 33. The largest absolute Gasteiger partial charge is 0.394 e. The van der Waals surface area contributed by atoms with Gasteiger partial charge in [0.15, 0.2) is 18.9 Å². The average molecular weight is 1190 g/mol. The van der Waals surface area contributed by atoms with Crippen molar-refractivity contribution in [1.29, 1.82) is 0 Å². The lowest BCUT2D eigenvalue weighted by Crippen LogP contribution is -2.66. The van der Waals surface area contributed by atoms with Crippen LogP contribution >= 0.6 is 0 Å². The lowest BCUT2D eigenvalue weighted by atomic mass is 9.96. The fourth-order valence-corrected chi connectivity index (χ4v) is 11.6. The number of aliphatic hydroxyl groups is 11. The number of hydrogen-bond donors (Lipinski definition) is 12. The summed E-state index contributed by atoms with van der Waals surface area (Å²) in [7, 11) is 0. The van der Waals surface area contributed by atoms with E-state index >= 15 is 0 Å². The standard InChI is InChI=1S/C64H121NO18/c1-3-5-7-9-11-13-15-17-19-21-22-23-24-25-26-27-29-31-33-35-37-39-41-48(69)47(65-52(70)42-40-38-36-34-32-30-28-20-18-16-14-12-10-8-6-4-2)46-78-62-58(76)55(73)60(50(44-67)80-62)83-64-59(77)56(74)61(51(45-68)81-64)82-63-57(75)54(72)53(71)49(43-66)79-63/h20,28,47-51,53-64,66-69,71-77H,3-19,21-27,29-46H2,1-2H3,(H,65,70)/b28-20-. The van der Waals surface area contributed by atoms with Crippen LogP contribution in [0.3, 0.4) is 0 Å². The predicted octanol–water partition coefficient (Wildman–Crippen LogP) is 7.72. The Labute approximate surface area is 499 Å². The van der Waals surface area contributed by atoms with Crippen molar-refractivity contribution in [3.63, 3.8) is 0 Å². The van der Waals surface area contributed by atoms with Crippen LogP contribution in [0.2, 0.25) is 0 Å². The Bertz CT molecular complexity index is 1560. The van der Waals surface area contributed by atoms with E-state index in [1.165, 1.54) is 161 Å². The fourth-order valence-electron chi connectivity index (χ4n) is 11.6. The van der Waals surface area contributed by atoms with Crippen molar-refractivity contribution in [1.82, 2.24) is 5.32 Å². The summed E-state index contributed by atoms with van der Waals surface area (Å²) in [4.78, 5) is 13.4. The van der Waals surface area contributed by atoms with E-state index < -0.39 is 124 Å². The number of nitrogens with one attached hydrogen (secondary N) is 1. The van der Waals surface area contributed by atoms with Gasteiger partial charge < -0.3 is 89.9 Å². The molecule has 0 aliphatic carbocycles. The molecule has 17 unspecified atom stereocenters. The number of rotatable bonds is 51. The van der Waals surface area contributed by atoms with Gasteiger partial charge in [0.2, 0.25) is 5.91 Å². The van der Waals surface area contributed by atoms with Crippen molar-refractivity contribution in [2.24, 2.45) is 0 Å². The Hall–Kier alpha value is -1.47. The van der Waals surface area contributed by atoms with E-state index in [1.54, 1.807) is 0 Å². The molecule has 19 nitrogen and oxygen atoms in total. The summed E-state index contributed by atoms with van der Waals surface area (Å²) in [5, 5.41) is 121. The van der Waals surface area contributed by atoms with Crippen molar-refractivity contribution in [3.05, 3.63) is 12.2 Å². The van der Waals surface area contributed by atoms with E-state index in [0.29, 0.717) is 12.8 Å². The second kappa shape index (κ2) is 47.5. The van der Waals surface area contributed by atoms with E-state index in [2.05, 4.69) is 31.3 Å². The first-order chi connectivity index (χ1) is 40.3. The molecule has 3 heterocycles. The van der Waals surface area contributed by atoms with Gasteiger partial charge in [-0.25, -0.2) is 0 Å². The molecule has 0 aromatic heterocycles. The van der Waals surface area contributed by atoms with Gasteiger partial charge in [-0.3, -0.25) is 4.79 Å². The number of hydrogen-bond acceptors (Lipinski definition) is 18. The van der Waals surface area contributed by atoms with Crippen LogP contribution in [0.15, 0.2) is 12.2 Å². The topological polar surface area (TPSA) is 307 Å². The highest BCUT2D eigenvalue weighted by atomic mass is 16.8. The van der Waals surface area contributed by atoms with Gasteiger partial charge in [0.1, 0.15) is 73.2 Å². The third-order valence-corrected chi connectivity index (χ3v) is 17.1. The number of amides is 1. The van der Waals surface area contributed by atoms with Gasteiger partial charge >= 0.3 is 0 Å². The molecule has 3 aliphatic rings. The molecule has 17 atom stereocenters. The van der Waals surface area contributed by atoms with Crippen molar-refractivity contribution in [2.45, 2.75) is 362 Å². The molecule has 0 bridgehead atoms. The second-order valence-electron chi connectivity index (χ2n) is 24.3. The Balaban J connectivity index is 1.45. The molecule has 0 spiro atoms. The zero-order valence-corrected chi connectivity index (χ0v) is 51.4. The smallest absolute Gasteiger partial charge is 0.220 e. The van der Waals surface area contributed by atoms with Crippen LogP contribution in [-0.2, 0) is 33.2 Å². The van der Waals surface area contributed by atoms with Gasteiger partial charge in [0.25, 0.3) is 0 Å². The van der Waals surface area contributed by atoms with Crippen LogP contribution in [0.25, 0.3) is 0 Å². The first kappa shape index (κ1) is 75.8. The minimum atomic E-state index is -1.97. The molecule has 3 rings (SSSR count). The lowest BCUT2D eigenvalue weighted by Gasteiger charge is -2.48. The summed E-state index contributed by atoms with van der Waals surface area (Å²) in [6.07, 6.45) is 22.9. The monoisotopic (exact) mass is 1190 g/mol. The Kier molecular flexibility index (Phi) is 43.4. The zero-order valence-electron chi connectivity index (χ0n) is 51.4. The van der Waals surface area contributed by atoms with Crippen molar-refractivity contribution >= 4 is 5.91 Å². The van der Waals surface area contributed by atoms with Crippen molar-refractivity contribution in [2.75, 3.05) is 26.4 Å². The van der Waals surface area contributed by atoms with Gasteiger partial charge in [0, 0.05) is 6.42 Å².